The minimum Gasteiger partial charge on any atom is -0.481 e. The van der Waals surface area contributed by atoms with Gasteiger partial charge in [0.1, 0.15) is 12.5 Å². The smallest absolute Gasteiger partial charge is 0.315 e. The zero-order valence-electron chi connectivity index (χ0n) is 7.62. The predicted molar refractivity (Wildman–Crippen MR) is 46.5 cm³/mol. The largest absolute Gasteiger partial charge is 0.481 e. The Kier molecular flexibility index (Phi) is 1.78. The van der Waals surface area contributed by atoms with E-state index >= 15 is 0 Å². The van der Waals surface area contributed by atoms with Crippen molar-refractivity contribution in [2.75, 3.05) is 7.11 Å². The Hall–Kier alpha value is -1.06. The molecule has 0 aromatic rings. The number of fused-ring (bicyclic) bond motifs is 2. The second-order valence-electron chi connectivity index (χ2n) is 3.92. The maximum Gasteiger partial charge on any atom is 0.315 e. The standard InChI is InChI=1S/C9H13NO3/c1-13-10-7-4-6-2-3-9(7,5-6)8(11)12/h6H,2-5H2,1H3,(H,11,12)/b10-7-/t6-,9+/m0/s1. The molecule has 2 atom stereocenters. The van der Waals surface area contributed by atoms with Crippen LogP contribution in [0.15, 0.2) is 5.16 Å². The molecule has 0 saturated heterocycles. The van der Waals surface area contributed by atoms with Crippen LogP contribution in [0.2, 0.25) is 0 Å². The lowest BCUT2D eigenvalue weighted by Crippen LogP contribution is -2.34. The van der Waals surface area contributed by atoms with Crippen LogP contribution in [0, 0.1) is 11.3 Å². The fourth-order valence-corrected chi connectivity index (χ4v) is 2.61. The molecule has 4 heteroatoms. The van der Waals surface area contributed by atoms with Gasteiger partial charge in [0.25, 0.3) is 0 Å². The van der Waals surface area contributed by atoms with Gasteiger partial charge in [-0.2, -0.15) is 0 Å². The molecule has 0 spiro atoms. The third-order valence-electron chi connectivity index (χ3n) is 3.26. The van der Waals surface area contributed by atoms with Crippen LogP contribution < -0.4 is 0 Å². The maximum atomic E-state index is 11.1. The molecule has 0 aromatic carbocycles. The van der Waals surface area contributed by atoms with Gasteiger partial charge in [-0.3, -0.25) is 4.79 Å². The average molecular weight is 183 g/mol. The molecule has 2 bridgehead atoms. The molecule has 13 heavy (non-hydrogen) atoms. The van der Waals surface area contributed by atoms with Gasteiger partial charge in [-0.15, -0.1) is 0 Å². The highest BCUT2D eigenvalue weighted by Gasteiger charge is 2.55. The summed E-state index contributed by atoms with van der Waals surface area (Å²) in [6.45, 7) is 0. The van der Waals surface area contributed by atoms with Crippen LogP contribution in [-0.2, 0) is 9.63 Å². The fraction of sp³-hybridized carbons (Fsp3) is 0.778. The number of hydrogen-bond donors (Lipinski definition) is 1. The van der Waals surface area contributed by atoms with E-state index in [1.807, 2.05) is 0 Å². The first-order chi connectivity index (χ1) is 6.19. The van der Waals surface area contributed by atoms with Crippen molar-refractivity contribution in [1.82, 2.24) is 0 Å². The van der Waals surface area contributed by atoms with E-state index in [1.54, 1.807) is 0 Å². The summed E-state index contributed by atoms with van der Waals surface area (Å²) < 4.78 is 0. The summed E-state index contributed by atoms with van der Waals surface area (Å²) in [4.78, 5) is 15.8. The molecule has 0 aromatic heterocycles. The summed E-state index contributed by atoms with van der Waals surface area (Å²) in [5.74, 6) is -0.215. The fourth-order valence-electron chi connectivity index (χ4n) is 2.61. The number of rotatable bonds is 2. The molecule has 4 nitrogen and oxygen atoms in total. The first-order valence-corrected chi connectivity index (χ1v) is 4.53. The van der Waals surface area contributed by atoms with Gasteiger partial charge in [-0.1, -0.05) is 5.16 Å². The number of nitrogens with zero attached hydrogens (tertiary/aromatic N) is 1. The molecule has 0 amide bonds. The summed E-state index contributed by atoms with van der Waals surface area (Å²) in [5.41, 5.74) is 0.0551. The summed E-state index contributed by atoms with van der Waals surface area (Å²) in [5, 5.41) is 13.0. The van der Waals surface area contributed by atoms with Crippen LogP contribution in [-0.4, -0.2) is 23.9 Å². The molecule has 1 N–H and O–H groups in total. The highest BCUT2D eigenvalue weighted by Crippen LogP contribution is 2.52. The molecule has 2 saturated carbocycles. The van der Waals surface area contributed by atoms with Gasteiger partial charge in [0, 0.05) is 0 Å². The van der Waals surface area contributed by atoms with Gasteiger partial charge in [-0.05, 0) is 31.6 Å². The van der Waals surface area contributed by atoms with E-state index in [4.69, 9.17) is 5.11 Å². The predicted octanol–water partition coefficient (Wildman–Crippen LogP) is 1.26. The minimum atomic E-state index is -0.733. The summed E-state index contributed by atoms with van der Waals surface area (Å²) in [6, 6.07) is 0. The topological polar surface area (TPSA) is 58.9 Å². The highest BCUT2D eigenvalue weighted by atomic mass is 16.6. The molecule has 2 rings (SSSR count). The molecule has 72 valence electrons. The average Bonchev–Trinajstić information content (AvgIpc) is 2.62. The molecule has 0 radical (unpaired) electrons. The Bertz CT molecular complexity index is 274. The first kappa shape index (κ1) is 8.53. The Morgan fingerprint density at radius 3 is 3.08 bits per heavy atom. The van der Waals surface area contributed by atoms with Gasteiger partial charge >= 0.3 is 5.97 Å². The number of hydrogen-bond acceptors (Lipinski definition) is 3. The zero-order chi connectivity index (χ0) is 9.47. The number of oxime groups is 1. The third-order valence-corrected chi connectivity index (χ3v) is 3.26. The van der Waals surface area contributed by atoms with Crippen LogP contribution in [0.3, 0.4) is 0 Å². The van der Waals surface area contributed by atoms with E-state index in [-0.39, 0.29) is 0 Å². The highest BCUT2D eigenvalue weighted by molar-refractivity contribution is 6.08. The van der Waals surface area contributed by atoms with Crippen molar-refractivity contribution in [3.63, 3.8) is 0 Å². The normalized spacial score (nSPS) is 39.8. The van der Waals surface area contributed by atoms with E-state index in [1.165, 1.54) is 7.11 Å². The van der Waals surface area contributed by atoms with E-state index in [9.17, 15) is 4.79 Å². The van der Waals surface area contributed by atoms with Gasteiger partial charge in [0.2, 0.25) is 0 Å². The molecule has 0 unspecified atom stereocenters. The molecule has 0 aliphatic heterocycles. The maximum absolute atomic E-state index is 11.1. The van der Waals surface area contributed by atoms with Crippen LogP contribution in [0.25, 0.3) is 0 Å². The molecule has 0 heterocycles. The Morgan fingerprint density at radius 2 is 2.54 bits per heavy atom. The van der Waals surface area contributed by atoms with Crippen molar-refractivity contribution >= 4 is 11.7 Å². The number of carboxylic acid groups (broad SMARTS) is 1. The number of carbonyl (C=O) groups is 1. The van der Waals surface area contributed by atoms with Crippen molar-refractivity contribution < 1.29 is 14.7 Å². The molecule has 2 aliphatic carbocycles. The summed E-state index contributed by atoms with van der Waals surface area (Å²) >= 11 is 0. The Morgan fingerprint density at radius 1 is 1.77 bits per heavy atom. The van der Waals surface area contributed by atoms with Crippen molar-refractivity contribution in [3.8, 4) is 0 Å². The van der Waals surface area contributed by atoms with Gasteiger partial charge < -0.3 is 9.94 Å². The quantitative estimate of drug-likeness (QED) is 0.656. The van der Waals surface area contributed by atoms with Crippen LogP contribution in [0.5, 0.6) is 0 Å². The first-order valence-electron chi connectivity index (χ1n) is 4.53. The lowest BCUT2D eigenvalue weighted by atomic mass is 9.82. The number of aliphatic carboxylic acids is 1. The summed E-state index contributed by atoms with van der Waals surface area (Å²) in [7, 11) is 1.47. The van der Waals surface area contributed by atoms with Gasteiger partial charge in [-0.25, -0.2) is 0 Å². The minimum absolute atomic E-state index is 0.519. The lowest BCUT2D eigenvalue weighted by molar-refractivity contribution is -0.144. The molecular formula is C9H13NO3. The van der Waals surface area contributed by atoms with Crippen LogP contribution in [0.4, 0.5) is 0 Å². The van der Waals surface area contributed by atoms with E-state index < -0.39 is 11.4 Å². The van der Waals surface area contributed by atoms with E-state index in [2.05, 4.69) is 9.99 Å². The van der Waals surface area contributed by atoms with E-state index in [0.717, 1.165) is 31.4 Å². The molecule has 2 aliphatic rings. The monoisotopic (exact) mass is 183 g/mol. The van der Waals surface area contributed by atoms with Crippen molar-refractivity contribution in [2.24, 2.45) is 16.5 Å². The van der Waals surface area contributed by atoms with Crippen molar-refractivity contribution in [1.29, 1.82) is 0 Å². The van der Waals surface area contributed by atoms with Crippen LogP contribution >= 0.6 is 0 Å². The van der Waals surface area contributed by atoms with Crippen LogP contribution in [0.1, 0.15) is 25.7 Å². The third kappa shape index (κ3) is 1.04. The molecule has 2 fully saturated rings. The van der Waals surface area contributed by atoms with Gasteiger partial charge in [0.05, 0.1) is 5.71 Å². The second kappa shape index (κ2) is 2.72. The molecular weight excluding hydrogens is 170 g/mol. The second-order valence-corrected chi connectivity index (χ2v) is 3.92. The van der Waals surface area contributed by atoms with E-state index in [0.29, 0.717) is 5.92 Å². The lowest BCUT2D eigenvalue weighted by Gasteiger charge is -2.21. The zero-order valence-corrected chi connectivity index (χ0v) is 7.62. The SMILES string of the molecule is CO/N=C1/C[C@@H]2CC[C@@]1(C(=O)O)C2. The summed E-state index contributed by atoms with van der Waals surface area (Å²) in [6.07, 6.45) is 3.31. The Balaban J connectivity index is 2.33. The number of carboxylic acids is 1. The Labute approximate surface area is 76.6 Å². The van der Waals surface area contributed by atoms with Gasteiger partial charge in [0.15, 0.2) is 0 Å². The van der Waals surface area contributed by atoms with Crippen molar-refractivity contribution in [2.45, 2.75) is 25.7 Å². The van der Waals surface area contributed by atoms with Crippen molar-refractivity contribution in [3.05, 3.63) is 0 Å².